The number of benzene rings is 1. The molecule has 5 heteroatoms. The van der Waals surface area contributed by atoms with Gasteiger partial charge in [0.15, 0.2) is 5.15 Å². The smallest absolute Gasteiger partial charge is 0.233 e. The van der Waals surface area contributed by atoms with E-state index < -0.39 is 0 Å². The maximum atomic E-state index is 5.63. The monoisotopic (exact) mass is 277 g/mol. The second kappa shape index (κ2) is 7.71. The Morgan fingerprint density at radius 1 is 1.05 bits per heavy atom. The van der Waals surface area contributed by atoms with Crippen LogP contribution in [0.25, 0.3) is 0 Å². The average molecular weight is 278 g/mol. The fourth-order valence-corrected chi connectivity index (χ4v) is 1.68. The lowest BCUT2D eigenvalue weighted by molar-refractivity contribution is 0.293. The Morgan fingerprint density at radius 2 is 1.89 bits per heavy atom. The van der Waals surface area contributed by atoms with Gasteiger partial charge in [0.2, 0.25) is 5.88 Å². The summed E-state index contributed by atoms with van der Waals surface area (Å²) in [4.78, 5) is 0. The van der Waals surface area contributed by atoms with Gasteiger partial charge in [0, 0.05) is 12.6 Å². The quantitative estimate of drug-likeness (QED) is 0.791. The minimum absolute atomic E-state index is 0.372. The van der Waals surface area contributed by atoms with Crippen molar-refractivity contribution in [3.05, 3.63) is 53.2 Å². The highest BCUT2D eigenvalue weighted by atomic mass is 35.5. The van der Waals surface area contributed by atoms with Crippen LogP contribution in [0.3, 0.4) is 0 Å². The maximum Gasteiger partial charge on any atom is 0.233 e. The molecule has 0 saturated carbocycles. The Bertz CT molecular complexity index is 476. The number of nitrogens with zero attached hydrogens (tertiary/aromatic N) is 2. The highest BCUT2D eigenvalue weighted by molar-refractivity contribution is 6.29. The molecule has 2 rings (SSSR count). The largest absolute Gasteiger partial charge is 0.477 e. The van der Waals surface area contributed by atoms with Crippen molar-refractivity contribution in [2.75, 3.05) is 13.2 Å². The molecule has 0 spiro atoms. The zero-order valence-electron chi connectivity index (χ0n) is 10.6. The summed E-state index contributed by atoms with van der Waals surface area (Å²) in [5.74, 6) is 0.507. The highest BCUT2D eigenvalue weighted by Crippen LogP contribution is 2.08. The lowest BCUT2D eigenvalue weighted by Crippen LogP contribution is -2.17. The normalized spacial score (nSPS) is 10.4. The second-order valence-corrected chi connectivity index (χ2v) is 4.45. The van der Waals surface area contributed by atoms with Gasteiger partial charge in [-0.25, -0.2) is 0 Å². The van der Waals surface area contributed by atoms with Gasteiger partial charge in [-0.1, -0.05) is 41.9 Å². The molecule has 0 aliphatic carbocycles. The number of hydrogen-bond acceptors (Lipinski definition) is 4. The van der Waals surface area contributed by atoms with Crippen molar-refractivity contribution in [3.8, 4) is 5.88 Å². The second-order valence-electron chi connectivity index (χ2n) is 4.06. The summed E-state index contributed by atoms with van der Waals surface area (Å²) >= 11 is 5.63. The Morgan fingerprint density at radius 3 is 2.63 bits per heavy atom. The van der Waals surface area contributed by atoms with Gasteiger partial charge >= 0.3 is 0 Å². The number of hydrogen-bond donors (Lipinski definition) is 1. The molecule has 0 unspecified atom stereocenters. The molecule has 0 atom stereocenters. The molecule has 0 fully saturated rings. The van der Waals surface area contributed by atoms with E-state index in [0.717, 1.165) is 19.5 Å². The number of nitrogens with one attached hydrogen (secondary N) is 1. The molecule has 1 aromatic heterocycles. The molecule has 0 saturated heterocycles. The lowest BCUT2D eigenvalue weighted by atomic mass is 10.2. The van der Waals surface area contributed by atoms with Gasteiger partial charge in [0.05, 0.1) is 6.61 Å². The van der Waals surface area contributed by atoms with Crippen LogP contribution < -0.4 is 10.1 Å². The van der Waals surface area contributed by atoms with Crippen molar-refractivity contribution in [1.82, 2.24) is 15.5 Å². The molecular formula is C14H16ClN3O. The average Bonchev–Trinajstić information content (AvgIpc) is 2.46. The summed E-state index contributed by atoms with van der Waals surface area (Å²) < 4.78 is 5.44. The molecule has 0 bridgehead atoms. The number of aromatic nitrogens is 2. The number of rotatable bonds is 7. The van der Waals surface area contributed by atoms with E-state index >= 15 is 0 Å². The summed E-state index contributed by atoms with van der Waals surface area (Å²) in [6, 6.07) is 13.7. The van der Waals surface area contributed by atoms with E-state index in [9.17, 15) is 0 Å². The predicted molar refractivity (Wildman–Crippen MR) is 75.3 cm³/mol. The number of halogens is 1. The Labute approximate surface area is 117 Å². The zero-order chi connectivity index (χ0) is 13.3. The van der Waals surface area contributed by atoms with E-state index in [1.807, 2.05) is 18.2 Å². The first kappa shape index (κ1) is 13.8. The molecule has 1 heterocycles. The summed E-state index contributed by atoms with van der Waals surface area (Å²) in [6.07, 6.45) is 0.914. The van der Waals surface area contributed by atoms with Crippen LogP contribution in [0.5, 0.6) is 5.88 Å². The van der Waals surface area contributed by atoms with Crippen LogP contribution in [0, 0.1) is 0 Å². The summed E-state index contributed by atoms with van der Waals surface area (Å²) in [5, 5.41) is 11.3. The van der Waals surface area contributed by atoms with Crippen LogP contribution in [-0.2, 0) is 6.54 Å². The molecule has 0 aliphatic rings. The van der Waals surface area contributed by atoms with Crippen molar-refractivity contribution in [2.24, 2.45) is 0 Å². The fourth-order valence-electron chi connectivity index (χ4n) is 1.58. The van der Waals surface area contributed by atoms with Crippen molar-refractivity contribution in [2.45, 2.75) is 13.0 Å². The van der Waals surface area contributed by atoms with E-state index in [0.29, 0.717) is 17.6 Å². The Hall–Kier alpha value is -1.65. The third-order valence-corrected chi connectivity index (χ3v) is 2.73. The van der Waals surface area contributed by atoms with Crippen LogP contribution in [-0.4, -0.2) is 23.3 Å². The van der Waals surface area contributed by atoms with Gasteiger partial charge in [0.1, 0.15) is 0 Å². The van der Waals surface area contributed by atoms with Gasteiger partial charge in [0.25, 0.3) is 0 Å². The van der Waals surface area contributed by atoms with Crippen molar-refractivity contribution >= 4 is 11.6 Å². The van der Waals surface area contributed by atoms with Gasteiger partial charge in [-0.3, -0.25) is 0 Å². The summed E-state index contributed by atoms with van der Waals surface area (Å²) in [5.41, 5.74) is 1.28. The highest BCUT2D eigenvalue weighted by Gasteiger charge is 1.96. The standard InChI is InChI=1S/C14H16ClN3O/c15-13-7-8-14(18-17-13)19-10-4-9-16-11-12-5-2-1-3-6-12/h1-3,5-8,16H,4,9-11H2. The van der Waals surface area contributed by atoms with E-state index in [1.165, 1.54) is 5.56 Å². The molecule has 1 N–H and O–H groups in total. The minimum Gasteiger partial charge on any atom is -0.477 e. The summed E-state index contributed by atoms with van der Waals surface area (Å²) in [7, 11) is 0. The van der Waals surface area contributed by atoms with Crippen molar-refractivity contribution < 1.29 is 4.74 Å². The van der Waals surface area contributed by atoms with Crippen LogP contribution >= 0.6 is 11.6 Å². The SMILES string of the molecule is Clc1ccc(OCCCNCc2ccccc2)nn1. The van der Waals surface area contributed by atoms with Crippen LogP contribution in [0.4, 0.5) is 0 Å². The maximum absolute atomic E-state index is 5.63. The Kier molecular flexibility index (Phi) is 5.59. The van der Waals surface area contributed by atoms with E-state index in [-0.39, 0.29) is 0 Å². The first-order chi connectivity index (χ1) is 9.34. The van der Waals surface area contributed by atoms with Crippen molar-refractivity contribution in [1.29, 1.82) is 0 Å². The van der Waals surface area contributed by atoms with E-state index in [1.54, 1.807) is 12.1 Å². The molecule has 0 aliphatic heterocycles. The van der Waals surface area contributed by atoms with Crippen LogP contribution in [0.1, 0.15) is 12.0 Å². The minimum atomic E-state index is 0.372. The topological polar surface area (TPSA) is 47.0 Å². The van der Waals surface area contributed by atoms with Crippen LogP contribution in [0.2, 0.25) is 5.15 Å². The third-order valence-electron chi connectivity index (χ3n) is 2.53. The molecule has 1 aromatic carbocycles. The first-order valence-corrected chi connectivity index (χ1v) is 6.59. The van der Waals surface area contributed by atoms with E-state index in [2.05, 4.69) is 27.6 Å². The molecule has 4 nitrogen and oxygen atoms in total. The first-order valence-electron chi connectivity index (χ1n) is 6.21. The van der Waals surface area contributed by atoms with Gasteiger partial charge in [-0.2, -0.15) is 0 Å². The summed E-state index contributed by atoms with van der Waals surface area (Å²) in [6.45, 7) is 2.38. The zero-order valence-corrected chi connectivity index (χ0v) is 11.3. The predicted octanol–water partition coefficient (Wildman–Crippen LogP) is 2.69. The third kappa shape index (κ3) is 5.24. The van der Waals surface area contributed by atoms with Crippen LogP contribution in [0.15, 0.2) is 42.5 Å². The van der Waals surface area contributed by atoms with Gasteiger partial charge in [-0.05, 0) is 24.6 Å². The molecule has 100 valence electrons. The van der Waals surface area contributed by atoms with Crippen molar-refractivity contribution in [3.63, 3.8) is 0 Å². The molecular weight excluding hydrogens is 262 g/mol. The number of ether oxygens (including phenoxy) is 1. The van der Waals surface area contributed by atoms with E-state index in [4.69, 9.17) is 16.3 Å². The molecule has 0 radical (unpaired) electrons. The molecule has 19 heavy (non-hydrogen) atoms. The lowest BCUT2D eigenvalue weighted by Gasteiger charge is -2.06. The van der Waals surface area contributed by atoms with Gasteiger partial charge in [-0.15, -0.1) is 10.2 Å². The molecule has 2 aromatic rings. The van der Waals surface area contributed by atoms with Gasteiger partial charge < -0.3 is 10.1 Å². The fraction of sp³-hybridized carbons (Fsp3) is 0.286. The Balaban J connectivity index is 1.56. The molecule has 0 amide bonds.